The molecule has 0 saturated carbocycles. The van der Waals surface area contributed by atoms with Gasteiger partial charge in [0.25, 0.3) is 0 Å². The van der Waals surface area contributed by atoms with Crippen LogP contribution in [0, 0.1) is 0 Å². The highest BCUT2D eigenvalue weighted by atomic mass is 16.2. The summed E-state index contributed by atoms with van der Waals surface area (Å²) < 4.78 is 0. The lowest BCUT2D eigenvalue weighted by molar-refractivity contribution is 0.252. The van der Waals surface area contributed by atoms with Gasteiger partial charge in [-0.3, -0.25) is 0 Å². The van der Waals surface area contributed by atoms with Gasteiger partial charge in [-0.25, -0.2) is 10.2 Å². The number of anilines is 1. The number of nitrogens with one attached hydrogen (secondary N) is 2. The van der Waals surface area contributed by atoms with Crippen molar-refractivity contribution in [2.24, 2.45) is 5.10 Å². The summed E-state index contributed by atoms with van der Waals surface area (Å²) in [5.74, 6) is 0. The number of benzene rings is 1. The number of hydrogen-bond donors (Lipinski definition) is 2. The van der Waals surface area contributed by atoms with Gasteiger partial charge in [-0.15, -0.1) is 0 Å². The highest BCUT2D eigenvalue weighted by Crippen LogP contribution is 2.05. The van der Waals surface area contributed by atoms with Gasteiger partial charge in [0.1, 0.15) is 0 Å². The van der Waals surface area contributed by atoms with E-state index < -0.39 is 0 Å². The number of amides is 2. The summed E-state index contributed by atoms with van der Waals surface area (Å²) in [4.78, 5) is 11.5. The van der Waals surface area contributed by atoms with E-state index >= 15 is 0 Å². The highest BCUT2D eigenvalue weighted by Gasteiger charge is 1.97. The summed E-state index contributed by atoms with van der Waals surface area (Å²) >= 11 is 0. The zero-order valence-corrected chi connectivity index (χ0v) is 12.9. The minimum atomic E-state index is -0.354. The van der Waals surface area contributed by atoms with Crippen molar-refractivity contribution < 1.29 is 4.79 Å². The molecule has 0 saturated heterocycles. The fourth-order valence-electron chi connectivity index (χ4n) is 1.61. The Kier molecular flexibility index (Phi) is 7.58. The number of hydrogen-bond acceptors (Lipinski definition) is 2. The summed E-state index contributed by atoms with van der Waals surface area (Å²) in [5.41, 5.74) is 5.71. The minimum absolute atomic E-state index is 0.354. The SMILES string of the molecule is CC(C)=CCC/C(C)=C/C=N/NC(=O)Nc1ccccc1. The van der Waals surface area contributed by atoms with Crippen LogP contribution in [0.4, 0.5) is 10.5 Å². The van der Waals surface area contributed by atoms with E-state index in [1.807, 2.05) is 36.4 Å². The molecule has 21 heavy (non-hydrogen) atoms. The van der Waals surface area contributed by atoms with E-state index in [1.54, 1.807) is 6.21 Å². The van der Waals surface area contributed by atoms with Crippen molar-refractivity contribution in [1.29, 1.82) is 0 Å². The normalized spacial score (nSPS) is 11.3. The second kappa shape index (κ2) is 9.53. The van der Waals surface area contributed by atoms with Gasteiger partial charge < -0.3 is 5.32 Å². The van der Waals surface area contributed by atoms with Gasteiger partial charge in [0.05, 0.1) is 0 Å². The predicted molar refractivity (Wildman–Crippen MR) is 89.5 cm³/mol. The number of urea groups is 1. The monoisotopic (exact) mass is 285 g/mol. The maximum absolute atomic E-state index is 11.5. The lowest BCUT2D eigenvalue weighted by Crippen LogP contribution is -2.23. The Balaban J connectivity index is 2.30. The van der Waals surface area contributed by atoms with Crippen LogP contribution in [0.5, 0.6) is 0 Å². The van der Waals surface area contributed by atoms with Crippen molar-refractivity contribution >= 4 is 17.9 Å². The molecule has 1 rings (SSSR count). The molecule has 0 radical (unpaired) electrons. The summed E-state index contributed by atoms with van der Waals surface area (Å²) in [6.07, 6.45) is 7.73. The predicted octanol–water partition coefficient (Wildman–Crippen LogP) is 4.49. The molecule has 0 atom stereocenters. The van der Waals surface area contributed by atoms with Crippen molar-refractivity contribution in [3.05, 3.63) is 53.6 Å². The lowest BCUT2D eigenvalue weighted by Gasteiger charge is -2.02. The van der Waals surface area contributed by atoms with E-state index in [0.29, 0.717) is 0 Å². The number of allylic oxidation sites excluding steroid dienone is 4. The van der Waals surface area contributed by atoms with Crippen LogP contribution in [-0.2, 0) is 0 Å². The van der Waals surface area contributed by atoms with Crippen LogP contribution in [0.25, 0.3) is 0 Å². The van der Waals surface area contributed by atoms with E-state index in [-0.39, 0.29) is 6.03 Å². The molecule has 4 nitrogen and oxygen atoms in total. The molecule has 1 aromatic rings. The van der Waals surface area contributed by atoms with Crippen molar-refractivity contribution in [2.75, 3.05) is 5.32 Å². The molecule has 2 amide bonds. The van der Waals surface area contributed by atoms with E-state index in [4.69, 9.17) is 0 Å². The van der Waals surface area contributed by atoms with Crippen LogP contribution >= 0.6 is 0 Å². The van der Waals surface area contributed by atoms with Crippen molar-refractivity contribution in [2.45, 2.75) is 33.6 Å². The van der Waals surface area contributed by atoms with E-state index in [0.717, 1.165) is 18.5 Å². The van der Waals surface area contributed by atoms with Crippen molar-refractivity contribution in [1.82, 2.24) is 5.43 Å². The molecule has 0 bridgehead atoms. The number of para-hydroxylation sites is 1. The van der Waals surface area contributed by atoms with Gasteiger partial charge in [-0.1, -0.05) is 35.4 Å². The maximum Gasteiger partial charge on any atom is 0.339 e. The Hall–Kier alpha value is -2.36. The summed E-state index contributed by atoms with van der Waals surface area (Å²) in [7, 11) is 0. The summed E-state index contributed by atoms with van der Waals surface area (Å²) in [6, 6.07) is 8.89. The Morgan fingerprint density at radius 2 is 1.90 bits per heavy atom. The Bertz CT molecular complexity index is 526. The quantitative estimate of drug-likeness (QED) is 0.452. The molecule has 4 heteroatoms. The van der Waals surface area contributed by atoms with E-state index in [2.05, 4.69) is 42.7 Å². The minimum Gasteiger partial charge on any atom is -0.307 e. The Morgan fingerprint density at radius 3 is 2.57 bits per heavy atom. The van der Waals surface area contributed by atoms with Crippen LogP contribution in [0.2, 0.25) is 0 Å². The topological polar surface area (TPSA) is 53.5 Å². The second-order valence-electron chi connectivity index (χ2n) is 5.04. The largest absolute Gasteiger partial charge is 0.339 e. The first-order valence-electron chi connectivity index (χ1n) is 7.02. The van der Waals surface area contributed by atoms with Gasteiger partial charge in [0.15, 0.2) is 0 Å². The number of nitrogens with zero attached hydrogens (tertiary/aromatic N) is 1. The van der Waals surface area contributed by atoms with E-state index in [1.165, 1.54) is 11.1 Å². The molecule has 0 aromatic heterocycles. The molecule has 0 spiro atoms. The lowest BCUT2D eigenvalue weighted by atomic mass is 10.1. The molecule has 0 aliphatic carbocycles. The van der Waals surface area contributed by atoms with Crippen molar-refractivity contribution in [3.63, 3.8) is 0 Å². The average molecular weight is 285 g/mol. The van der Waals surface area contributed by atoms with Gasteiger partial charge >= 0.3 is 6.03 Å². The molecule has 0 unspecified atom stereocenters. The van der Waals surface area contributed by atoms with Crippen LogP contribution in [0.15, 0.2) is 58.7 Å². The number of carbonyl (C=O) groups excluding carboxylic acids is 1. The molecular weight excluding hydrogens is 262 g/mol. The van der Waals surface area contributed by atoms with Gasteiger partial charge in [-0.2, -0.15) is 5.10 Å². The standard InChI is InChI=1S/C17H23N3O/c1-14(2)8-7-9-15(3)12-13-18-20-17(21)19-16-10-5-4-6-11-16/h4-6,8,10-13H,7,9H2,1-3H3,(H2,19,20,21)/b15-12+,18-13+. The van der Waals surface area contributed by atoms with Gasteiger partial charge in [-0.05, 0) is 51.8 Å². The molecule has 0 fully saturated rings. The maximum atomic E-state index is 11.5. The van der Waals surface area contributed by atoms with E-state index in [9.17, 15) is 4.79 Å². The smallest absolute Gasteiger partial charge is 0.307 e. The van der Waals surface area contributed by atoms with Crippen LogP contribution in [0.3, 0.4) is 0 Å². The summed E-state index contributed by atoms with van der Waals surface area (Å²) in [6.45, 7) is 6.24. The molecule has 0 aliphatic heterocycles. The molecule has 2 N–H and O–H groups in total. The van der Waals surface area contributed by atoms with Gasteiger partial charge in [0, 0.05) is 11.9 Å². The van der Waals surface area contributed by atoms with Crippen LogP contribution < -0.4 is 10.7 Å². The number of carbonyl (C=O) groups is 1. The molecule has 1 aromatic carbocycles. The Labute approximate surface area is 126 Å². The molecule has 0 aliphatic rings. The molecule has 112 valence electrons. The third-order valence-electron chi connectivity index (χ3n) is 2.72. The van der Waals surface area contributed by atoms with Crippen molar-refractivity contribution in [3.8, 4) is 0 Å². The average Bonchev–Trinajstić information content (AvgIpc) is 2.44. The zero-order valence-electron chi connectivity index (χ0n) is 12.9. The number of rotatable bonds is 6. The third-order valence-corrected chi connectivity index (χ3v) is 2.72. The molecule has 0 heterocycles. The first-order valence-corrected chi connectivity index (χ1v) is 7.02. The fourth-order valence-corrected chi connectivity index (χ4v) is 1.61. The van der Waals surface area contributed by atoms with Gasteiger partial charge in [0.2, 0.25) is 0 Å². The number of hydrazone groups is 1. The second-order valence-corrected chi connectivity index (χ2v) is 5.04. The zero-order chi connectivity index (χ0) is 15.5. The molecular formula is C17H23N3O. The Morgan fingerprint density at radius 1 is 1.19 bits per heavy atom. The highest BCUT2D eigenvalue weighted by molar-refractivity contribution is 5.89. The first kappa shape index (κ1) is 16.7. The first-order chi connectivity index (χ1) is 10.1. The van der Waals surface area contributed by atoms with Crippen LogP contribution in [0.1, 0.15) is 33.6 Å². The third kappa shape index (κ3) is 8.42. The summed E-state index contributed by atoms with van der Waals surface area (Å²) in [5, 5.41) is 6.56. The fraction of sp³-hybridized carbons (Fsp3) is 0.294. The van der Waals surface area contributed by atoms with Crippen LogP contribution in [-0.4, -0.2) is 12.2 Å².